The minimum Gasteiger partial charge on any atom is -0.493 e. The number of sulfone groups is 1. The Morgan fingerprint density at radius 3 is 2.60 bits per heavy atom. The van der Waals surface area contributed by atoms with E-state index in [9.17, 15) is 18.0 Å². The van der Waals surface area contributed by atoms with Gasteiger partial charge in [-0.25, -0.2) is 8.42 Å². The van der Waals surface area contributed by atoms with Crippen LogP contribution in [0, 0.1) is 19.8 Å². The maximum absolute atomic E-state index is 11.7. The Hall–Kier alpha value is -2.09. The number of carbonyl (C=O) groups excluding carboxylic acids is 2. The maximum Gasteiger partial charge on any atom is 0.241 e. The third-order valence-corrected chi connectivity index (χ3v) is 5.91. The van der Waals surface area contributed by atoms with Crippen molar-refractivity contribution in [3.05, 3.63) is 29.3 Å². The Balaban J connectivity index is 1.65. The van der Waals surface area contributed by atoms with Crippen LogP contribution < -0.4 is 15.6 Å². The molecule has 2 amide bonds. The maximum atomic E-state index is 11.7. The Morgan fingerprint density at radius 1 is 1.20 bits per heavy atom. The van der Waals surface area contributed by atoms with Crippen molar-refractivity contribution in [1.29, 1.82) is 0 Å². The Labute approximate surface area is 148 Å². The highest BCUT2D eigenvalue weighted by molar-refractivity contribution is 7.91. The number of ether oxygens (including phenoxy) is 1. The number of benzene rings is 1. The average molecular weight is 368 g/mol. The summed E-state index contributed by atoms with van der Waals surface area (Å²) in [6.07, 6.45) is 0.692. The lowest BCUT2D eigenvalue weighted by atomic mass is 10.1. The summed E-state index contributed by atoms with van der Waals surface area (Å²) in [5, 5.41) is 0. The Morgan fingerprint density at radius 2 is 1.92 bits per heavy atom. The van der Waals surface area contributed by atoms with Gasteiger partial charge in [0, 0.05) is 6.42 Å². The molecule has 0 radical (unpaired) electrons. The third-order valence-electron chi connectivity index (χ3n) is 4.07. The van der Waals surface area contributed by atoms with Gasteiger partial charge in [0.25, 0.3) is 0 Å². The lowest BCUT2D eigenvalue weighted by Crippen LogP contribution is -2.42. The number of aryl methyl sites for hydroxylation is 2. The summed E-state index contributed by atoms with van der Waals surface area (Å²) in [5.41, 5.74) is 6.71. The van der Waals surface area contributed by atoms with Gasteiger partial charge >= 0.3 is 0 Å². The van der Waals surface area contributed by atoms with Crippen molar-refractivity contribution in [3.63, 3.8) is 0 Å². The van der Waals surface area contributed by atoms with Gasteiger partial charge < -0.3 is 4.74 Å². The highest BCUT2D eigenvalue weighted by Crippen LogP contribution is 2.21. The van der Waals surface area contributed by atoms with E-state index in [1.807, 2.05) is 32.0 Å². The predicted molar refractivity (Wildman–Crippen MR) is 93.7 cm³/mol. The molecule has 8 heteroatoms. The van der Waals surface area contributed by atoms with Crippen molar-refractivity contribution >= 4 is 21.7 Å². The molecule has 138 valence electrons. The molecule has 0 saturated carbocycles. The van der Waals surface area contributed by atoms with E-state index in [2.05, 4.69) is 10.9 Å². The number of hydrogen-bond acceptors (Lipinski definition) is 5. The summed E-state index contributed by atoms with van der Waals surface area (Å²) in [7, 11) is -3.00. The van der Waals surface area contributed by atoms with Gasteiger partial charge in [-0.15, -0.1) is 0 Å². The van der Waals surface area contributed by atoms with Gasteiger partial charge in [-0.3, -0.25) is 20.4 Å². The fourth-order valence-electron chi connectivity index (χ4n) is 2.66. The summed E-state index contributed by atoms with van der Waals surface area (Å²) in [4.78, 5) is 23.5. The van der Waals surface area contributed by atoms with Crippen LogP contribution in [-0.2, 0) is 19.4 Å². The molecule has 7 nitrogen and oxygen atoms in total. The van der Waals surface area contributed by atoms with Crippen LogP contribution >= 0.6 is 0 Å². The number of nitrogens with one attached hydrogen (secondary N) is 2. The monoisotopic (exact) mass is 368 g/mol. The smallest absolute Gasteiger partial charge is 0.241 e. The van der Waals surface area contributed by atoms with Crippen LogP contribution in [0.1, 0.15) is 30.4 Å². The van der Waals surface area contributed by atoms with Gasteiger partial charge in [0.15, 0.2) is 9.84 Å². The molecule has 2 rings (SSSR count). The molecule has 0 unspecified atom stereocenters. The fraction of sp³-hybridized carbons (Fsp3) is 0.529. The molecule has 1 aliphatic heterocycles. The molecular formula is C17H24N2O5S. The molecule has 1 aromatic carbocycles. The van der Waals surface area contributed by atoms with Crippen molar-refractivity contribution < 1.29 is 22.7 Å². The summed E-state index contributed by atoms with van der Waals surface area (Å²) in [6.45, 7) is 4.09. The van der Waals surface area contributed by atoms with Crippen LogP contribution in [0.5, 0.6) is 5.75 Å². The Bertz CT molecular complexity index is 745. The molecule has 25 heavy (non-hydrogen) atoms. The van der Waals surface area contributed by atoms with E-state index in [1.54, 1.807) is 0 Å². The summed E-state index contributed by atoms with van der Waals surface area (Å²) in [5.74, 6) is -0.0113. The zero-order valence-corrected chi connectivity index (χ0v) is 15.3. The van der Waals surface area contributed by atoms with Crippen LogP contribution in [0.25, 0.3) is 0 Å². The Kier molecular flexibility index (Phi) is 6.41. The van der Waals surface area contributed by atoms with Crippen LogP contribution in [-0.4, -0.2) is 38.3 Å². The number of rotatable bonds is 6. The molecule has 0 spiro atoms. The van der Waals surface area contributed by atoms with Crippen molar-refractivity contribution in [1.82, 2.24) is 10.9 Å². The van der Waals surface area contributed by atoms with Gasteiger partial charge in [-0.1, -0.05) is 12.1 Å². The first-order valence-electron chi connectivity index (χ1n) is 8.23. The fourth-order valence-corrected chi connectivity index (χ4v) is 4.53. The average Bonchev–Trinajstić information content (AvgIpc) is 2.87. The lowest BCUT2D eigenvalue weighted by Gasteiger charge is -2.11. The van der Waals surface area contributed by atoms with E-state index in [0.29, 0.717) is 6.42 Å². The zero-order valence-electron chi connectivity index (χ0n) is 14.5. The zero-order chi connectivity index (χ0) is 18.4. The van der Waals surface area contributed by atoms with Gasteiger partial charge in [-0.2, -0.15) is 0 Å². The first-order valence-corrected chi connectivity index (χ1v) is 10.1. The van der Waals surface area contributed by atoms with Crippen molar-refractivity contribution in [2.75, 3.05) is 18.1 Å². The molecule has 1 heterocycles. The van der Waals surface area contributed by atoms with Gasteiger partial charge in [0.05, 0.1) is 24.5 Å². The second-order valence-corrected chi connectivity index (χ2v) is 8.67. The molecule has 1 aliphatic rings. The summed E-state index contributed by atoms with van der Waals surface area (Å²) < 4.78 is 28.3. The molecule has 1 aromatic rings. The van der Waals surface area contributed by atoms with Crippen LogP contribution in [0.2, 0.25) is 0 Å². The van der Waals surface area contributed by atoms with Crippen LogP contribution in [0.15, 0.2) is 18.2 Å². The molecule has 1 fully saturated rings. The SMILES string of the molecule is Cc1ccc(C)c(OCCC(=O)NNC(=O)C[C@H]2CCS(=O)(=O)C2)c1. The predicted octanol–water partition coefficient (Wildman–Crippen LogP) is 1.04. The normalized spacial score (nSPS) is 18.6. The van der Waals surface area contributed by atoms with Crippen molar-refractivity contribution in [3.8, 4) is 5.75 Å². The van der Waals surface area contributed by atoms with Crippen molar-refractivity contribution in [2.45, 2.75) is 33.1 Å². The van der Waals surface area contributed by atoms with Gasteiger partial charge in [0.1, 0.15) is 5.75 Å². The highest BCUT2D eigenvalue weighted by Gasteiger charge is 2.29. The first-order chi connectivity index (χ1) is 11.7. The van der Waals surface area contributed by atoms with Crippen LogP contribution in [0.3, 0.4) is 0 Å². The number of carbonyl (C=O) groups is 2. The molecular weight excluding hydrogens is 344 g/mol. The minimum absolute atomic E-state index is 0.0397. The second kappa shape index (κ2) is 8.33. The molecule has 0 bridgehead atoms. The van der Waals surface area contributed by atoms with Gasteiger partial charge in [0.2, 0.25) is 11.8 Å². The molecule has 1 saturated heterocycles. The molecule has 1 atom stereocenters. The molecule has 0 aliphatic carbocycles. The molecule has 0 aromatic heterocycles. The van der Waals surface area contributed by atoms with E-state index in [0.717, 1.165) is 16.9 Å². The second-order valence-electron chi connectivity index (χ2n) is 6.44. The number of hydrazine groups is 1. The standard InChI is InChI=1S/C17H24N2O5S/c1-12-3-4-13(2)15(9-12)24-7-5-16(20)18-19-17(21)10-14-6-8-25(22,23)11-14/h3-4,9,14H,5-8,10-11H2,1-2H3,(H,18,20)(H,19,21)/t14-/m1/s1. The van der Waals surface area contributed by atoms with E-state index >= 15 is 0 Å². The molecule has 2 N–H and O–H groups in total. The van der Waals surface area contributed by atoms with E-state index < -0.39 is 9.84 Å². The van der Waals surface area contributed by atoms with E-state index in [1.165, 1.54) is 0 Å². The minimum atomic E-state index is -3.00. The topological polar surface area (TPSA) is 102 Å². The van der Waals surface area contributed by atoms with Crippen LogP contribution in [0.4, 0.5) is 0 Å². The summed E-state index contributed by atoms with van der Waals surface area (Å²) in [6, 6.07) is 5.85. The largest absolute Gasteiger partial charge is 0.493 e. The quantitative estimate of drug-likeness (QED) is 0.731. The van der Waals surface area contributed by atoms with E-state index in [4.69, 9.17) is 4.74 Å². The highest BCUT2D eigenvalue weighted by atomic mass is 32.2. The van der Waals surface area contributed by atoms with E-state index in [-0.39, 0.29) is 48.7 Å². The van der Waals surface area contributed by atoms with Crippen molar-refractivity contribution in [2.24, 2.45) is 5.92 Å². The number of hydrogen-bond donors (Lipinski definition) is 2. The third kappa shape index (κ3) is 6.38. The van der Waals surface area contributed by atoms with Gasteiger partial charge in [-0.05, 0) is 43.4 Å². The lowest BCUT2D eigenvalue weighted by molar-refractivity contribution is -0.129. The number of amides is 2. The first kappa shape index (κ1) is 19.2. The summed E-state index contributed by atoms with van der Waals surface area (Å²) >= 11 is 0.